The van der Waals surface area contributed by atoms with Crippen LogP contribution in [-0.2, 0) is 11.3 Å². The molecule has 0 saturated heterocycles. The molecule has 4 heteroatoms. The van der Waals surface area contributed by atoms with Crippen LogP contribution in [-0.4, -0.2) is 13.4 Å². The monoisotopic (exact) mass is 241 g/mol. The molecule has 0 atom stereocenters. The number of nitrogens with two attached hydrogens (primary N) is 1. The highest BCUT2D eigenvalue weighted by molar-refractivity contribution is 6.30. The Labute approximate surface area is 100 Å². The highest BCUT2D eigenvalue weighted by atomic mass is 35.5. The van der Waals surface area contributed by atoms with Gasteiger partial charge in [0.15, 0.2) is 6.79 Å². The van der Waals surface area contributed by atoms with Crippen molar-refractivity contribution in [2.75, 3.05) is 13.4 Å². The zero-order valence-corrected chi connectivity index (χ0v) is 9.87. The minimum Gasteiger partial charge on any atom is -0.467 e. The molecule has 2 rings (SSSR count). The van der Waals surface area contributed by atoms with Crippen LogP contribution in [0.15, 0.2) is 18.2 Å². The second-order valence-electron chi connectivity index (χ2n) is 4.03. The summed E-state index contributed by atoms with van der Waals surface area (Å²) in [5, 5.41) is 0.648. The van der Waals surface area contributed by atoms with E-state index in [1.807, 2.05) is 12.1 Å². The molecule has 16 heavy (non-hydrogen) atoms. The van der Waals surface area contributed by atoms with Crippen LogP contribution >= 0.6 is 11.6 Å². The van der Waals surface area contributed by atoms with Crippen LogP contribution in [0.1, 0.15) is 18.4 Å². The Balaban J connectivity index is 1.83. The van der Waals surface area contributed by atoms with Crippen molar-refractivity contribution in [3.63, 3.8) is 0 Å². The second kappa shape index (κ2) is 5.53. The zero-order chi connectivity index (χ0) is 11.4. The van der Waals surface area contributed by atoms with Crippen LogP contribution in [0, 0.1) is 5.92 Å². The van der Waals surface area contributed by atoms with E-state index in [0.717, 1.165) is 18.1 Å². The highest BCUT2D eigenvalue weighted by Gasteiger charge is 2.21. The van der Waals surface area contributed by atoms with E-state index in [0.29, 0.717) is 17.3 Å². The minimum atomic E-state index is 0.268. The van der Waals surface area contributed by atoms with Gasteiger partial charge in [0.2, 0.25) is 0 Å². The molecule has 88 valence electrons. The molecular weight excluding hydrogens is 226 g/mol. The summed E-state index contributed by atoms with van der Waals surface area (Å²) in [5.41, 5.74) is 6.54. The van der Waals surface area contributed by atoms with Crippen LogP contribution in [0.2, 0.25) is 5.02 Å². The number of benzene rings is 1. The van der Waals surface area contributed by atoms with Gasteiger partial charge in [-0.05, 0) is 30.9 Å². The largest absolute Gasteiger partial charge is 0.467 e. The van der Waals surface area contributed by atoms with Crippen molar-refractivity contribution >= 4 is 11.6 Å². The third-order valence-corrected chi connectivity index (χ3v) is 2.83. The van der Waals surface area contributed by atoms with Crippen LogP contribution in [0.25, 0.3) is 0 Å². The summed E-state index contributed by atoms with van der Waals surface area (Å²) in [5.74, 6) is 1.46. The van der Waals surface area contributed by atoms with Crippen molar-refractivity contribution in [2.45, 2.75) is 19.4 Å². The smallest absolute Gasteiger partial charge is 0.189 e. The summed E-state index contributed by atoms with van der Waals surface area (Å²) < 4.78 is 10.9. The van der Waals surface area contributed by atoms with E-state index in [4.69, 9.17) is 26.8 Å². The first-order chi connectivity index (χ1) is 7.79. The molecule has 1 aromatic rings. The van der Waals surface area contributed by atoms with E-state index < -0.39 is 0 Å². The molecule has 0 radical (unpaired) electrons. The number of hydrogen-bond donors (Lipinski definition) is 1. The lowest BCUT2D eigenvalue weighted by atomic mass is 10.2. The first kappa shape index (κ1) is 11.7. The lowest BCUT2D eigenvalue weighted by molar-refractivity contribution is 0.00949. The SMILES string of the molecule is NCc1ccc(Cl)cc1OCOCC1CC1. The van der Waals surface area contributed by atoms with Gasteiger partial charge in [-0.25, -0.2) is 0 Å². The van der Waals surface area contributed by atoms with Crippen molar-refractivity contribution in [1.82, 2.24) is 0 Å². The van der Waals surface area contributed by atoms with Crippen molar-refractivity contribution < 1.29 is 9.47 Å². The molecule has 0 aliphatic heterocycles. The third kappa shape index (κ3) is 3.37. The number of hydrogen-bond acceptors (Lipinski definition) is 3. The molecular formula is C12H16ClNO2. The number of ether oxygens (including phenoxy) is 2. The predicted molar refractivity (Wildman–Crippen MR) is 63.5 cm³/mol. The van der Waals surface area contributed by atoms with Crippen molar-refractivity contribution in [2.24, 2.45) is 11.7 Å². The second-order valence-corrected chi connectivity index (χ2v) is 4.47. The van der Waals surface area contributed by atoms with E-state index in [2.05, 4.69) is 0 Å². The quantitative estimate of drug-likeness (QED) is 0.615. The average molecular weight is 242 g/mol. The first-order valence-corrected chi connectivity index (χ1v) is 5.86. The molecule has 1 aromatic carbocycles. The number of halogens is 1. The van der Waals surface area contributed by atoms with Crippen LogP contribution in [0.4, 0.5) is 0 Å². The fourth-order valence-corrected chi connectivity index (χ4v) is 1.60. The summed E-state index contributed by atoms with van der Waals surface area (Å²) >= 11 is 5.89. The van der Waals surface area contributed by atoms with Gasteiger partial charge in [-0.2, -0.15) is 0 Å². The molecule has 1 saturated carbocycles. The zero-order valence-electron chi connectivity index (χ0n) is 9.12. The van der Waals surface area contributed by atoms with Gasteiger partial charge in [-0.3, -0.25) is 0 Å². The van der Waals surface area contributed by atoms with Crippen LogP contribution in [0.3, 0.4) is 0 Å². The molecule has 0 unspecified atom stereocenters. The molecule has 0 amide bonds. The highest BCUT2D eigenvalue weighted by Crippen LogP contribution is 2.29. The summed E-state index contributed by atoms with van der Waals surface area (Å²) in [6.07, 6.45) is 2.57. The topological polar surface area (TPSA) is 44.5 Å². The van der Waals surface area contributed by atoms with Gasteiger partial charge < -0.3 is 15.2 Å². The number of rotatable bonds is 6. The minimum absolute atomic E-state index is 0.268. The fourth-order valence-electron chi connectivity index (χ4n) is 1.44. The van der Waals surface area contributed by atoms with E-state index in [9.17, 15) is 0 Å². The Morgan fingerprint density at radius 3 is 2.88 bits per heavy atom. The molecule has 1 fully saturated rings. The lowest BCUT2D eigenvalue weighted by Gasteiger charge is -2.10. The van der Waals surface area contributed by atoms with Gasteiger partial charge in [0.1, 0.15) is 5.75 Å². The van der Waals surface area contributed by atoms with Crippen molar-refractivity contribution in [3.05, 3.63) is 28.8 Å². The molecule has 0 aromatic heterocycles. The molecule has 1 aliphatic carbocycles. The lowest BCUT2D eigenvalue weighted by Crippen LogP contribution is -2.08. The van der Waals surface area contributed by atoms with E-state index >= 15 is 0 Å². The maximum absolute atomic E-state index is 5.89. The molecule has 0 heterocycles. The molecule has 0 spiro atoms. The Kier molecular flexibility index (Phi) is 4.04. The summed E-state index contributed by atoms with van der Waals surface area (Å²) in [6.45, 7) is 1.50. The Morgan fingerprint density at radius 1 is 1.38 bits per heavy atom. The van der Waals surface area contributed by atoms with Crippen molar-refractivity contribution in [3.8, 4) is 5.75 Å². The van der Waals surface area contributed by atoms with Gasteiger partial charge in [-0.15, -0.1) is 0 Å². The molecule has 2 N–H and O–H groups in total. The van der Waals surface area contributed by atoms with E-state index in [-0.39, 0.29) is 6.79 Å². The van der Waals surface area contributed by atoms with Crippen LogP contribution in [0.5, 0.6) is 5.75 Å². The maximum atomic E-state index is 5.89. The standard InChI is InChI=1S/C12H16ClNO2/c13-11-4-3-10(6-14)12(5-11)16-8-15-7-9-1-2-9/h3-5,9H,1-2,6-8,14H2. The van der Waals surface area contributed by atoms with Gasteiger partial charge in [0.25, 0.3) is 0 Å². The normalized spacial score (nSPS) is 15.1. The van der Waals surface area contributed by atoms with E-state index in [1.54, 1.807) is 6.07 Å². The predicted octanol–water partition coefficient (Wildman–Crippen LogP) is 2.56. The molecule has 3 nitrogen and oxygen atoms in total. The third-order valence-electron chi connectivity index (χ3n) is 2.60. The first-order valence-electron chi connectivity index (χ1n) is 5.48. The average Bonchev–Trinajstić information content (AvgIpc) is 3.08. The van der Waals surface area contributed by atoms with Gasteiger partial charge in [0.05, 0.1) is 6.61 Å². The van der Waals surface area contributed by atoms with Crippen molar-refractivity contribution in [1.29, 1.82) is 0 Å². The Hall–Kier alpha value is -0.770. The molecule has 0 bridgehead atoms. The Morgan fingerprint density at radius 2 is 2.19 bits per heavy atom. The Bertz CT molecular complexity index is 353. The maximum Gasteiger partial charge on any atom is 0.189 e. The summed E-state index contributed by atoms with van der Waals surface area (Å²) in [6, 6.07) is 5.45. The summed E-state index contributed by atoms with van der Waals surface area (Å²) in [7, 11) is 0. The van der Waals surface area contributed by atoms with E-state index in [1.165, 1.54) is 12.8 Å². The van der Waals surface area contributed by atoms with Crippen LogP contribution < -0.4 is 10.5 Å². The van der Waals surface area contributed by atoms with Gasteiger partial charge in [0, 0.05) is 17.1 Å². The molecule has 1 aliphatic rings. The van der Waals surface area contributed by atoms with Gasteiger partial charge in [-0.1, -0.05) is 17.7 Å². The van der Waals surface area contributed by atoms with Gasteiger partial charge >= 0.3 is 0 Å². The fraction of sp³-hybridized carbons (Fsp3) is 0.500. The summed E-state index contributed by atoms with van der Waals surface area (Å²) in [4.78, 5) is 0.